The van der Waals surface area contributed by atoms with Crippen molar-refractivity contribution >= 4 is 10.8 Å². The van der Waals surface area contributed by atoms with Crippen molar-refractivity contribution < 1.29 is 4.21 Å². The predicted molar refractivity (Wildman–Crippen MR) is 75.6 cm³/mol. The quantitative estimate of drug-likeness (QED) is 0.809. The van der Waals surface area contributed by atoms with Gasteiger partial charge in [0.25, 0.3) is 0 Å². The molecular weight excluding hydrogens is 230 g/mol. The first-order valence-corrected chi connectivity index (χ1v) is 7.93. The number of rotatable bonds is 7. The molecule has 0 spiro atoms. The summed E-state index contributed by atoms with van der Waals surface area (Å²) in [6.45, 7) is 5.22. The first-order chi connectivity index (χ1) is 8.20. The zero-order chi connectivity index (χ0) is 12.7. The summed E-state index contributed by atoms with van der Waals surface area (Å²) in [5.74, 6) is 0. The Balaban J connectivity index is 2.90. The van der Waals surface area contributed by atoms with E-state index in [0.29, 0.717) is 0 Å². The van der Waals surface area contributed by atoms with Gasteiger partial charge in [0.15, 0.2) is 0 Å². The summed E-state index contributed by atoms with van der Waals surface area (Å²) in [6, 6.07) is 10.5. The molecule has 0 saturated heterocycles. The molecule has 0 saturated carbocycles. The Hall–Kier alpha value is -0.670. The van der Waals surface area contributed by atoms with Crippen molar-refractivity contribution in [1.29, 1.82) is 0 Å². The summed E-state index contributed by atoms with van der Waals surface area (Å²) < 4.78 is 11.8. The molecule has 3 heteroatoms. The lowest BCUT2D eigenvalue weighted by Crippen LogP contribution is -2.34. The van der Waals surface area contributed by atoms with Crippen LogP contribution in [0.25, 0.3) is 0 Å². The van der Waals surface area contributed by atoms with Crippen LogP contribution >= 0.6 is 0 Å². The Bertz CT molecular complexity index is 339. The molecule has 0 aromatic heterocycles. The summed E-state index contributed by atoms with van der Waals surface area (Å²) in [4.78, 5) is 0. The first-order valence-electron chi connectivity index (χ1n) is 6.31. The van der Waals surface area contributed by atoms with E-state index in [4.69, 9.17) is 0 Å². The first kappa shape index (κ1) is 14.4. The van der Waals surface area contributed by atoms with Crippen LogP contribution in [0.3, 0.4) is 0 Å². The Morgan fingerprint density at radius 2 is 1.88 bits per heavy atom. The molecule has 96 valence electrons. The van der Waals surface area contributed by atoms with Crippen LogP contribution in [-0.2, 0) is 10.8 Å². The number of benzene rings is 1. The highest BCUT2D eigenvalue weighted by molar-refractivity contribution is 7.84. The van der Waals surface area contributed by atoms with Crippen molar-refractivity contribution in [3.8, 4) is 0 Å². The van der Waals surface area contributed by atoms with Crippen molar-refractivity contribution in [2.45, 2.75) is 38.0 Å². The van der Waals surface area contributed by atoms with Crippen molar-refractivity contribution in [3.05, 3.63) is 35.9 Å². The molecule has 1 aromatic carbocycles. The van der Waals surface area contributed by atoms with E-state index in [9.17, 15) is 4.21 Å². The van der Waals surface area contributed by atoms with Gasteiger partial charge >= 0.3 is 0 Å². The Morgan fingerprint density at radius 3 is 2.35 bits per heavy atom. The van der Waals surface area contributed by atoms with Crippen LogP contribution in [0.4, 0.5) is 0 Å². The van der Waals surface area contributed by atoms with Gasteiger partial charge < -0.3 is 5.32 Å². The second kappa shape index (κ2) is 7.62. The van der Waals surface area contributed by atoms with Crippen LogP contribution in [0.2, 0.25) is 0 Å². The molecule has 0 heterocycles. The van der Waals surface area contributed by atoms with E-state index in [1.807, 2.05) is 18.2 Å². The minimum atomic E-state index is -0.800. The lowest BCUT2D eigenvalue weighted by atomic mass is 10.0. The Labute approximate surface area is 107 Å². The smallest absolute Gasteiger partial charge is 0.0537 e. The van der Waals surface area contributed by atoms with Crippen molar-refractivity contribution in [3.63, 3.8) is 0 Å². The Kier molecular flexibility index (Phi) is 6.45. The van der Waals surface area contributed by atoms with Crippen LogP contribution in [-0.4, -0.2) is 22.3 Å². The average molecular weight is 253 g/mol. The maximum absolute atomic E-state index is 11.8. The fourth-order valence-electron chi connectivity index (χ4n) is 2.09. The average Bonchev–Trinajstić information content (AvgIpc) is 2.35. The SMILES string of the molecule is CCCNC(c1ccccc1)C(CC)S(C)=O. The zero-order valence-electron chi connectivity index (χ0n) is 11.0. The van der Waals surface area contributed by atoms with Gasteiger partial charge in [0, 0.05) is 23.1 Å². The lowest BCUT2D eigenvalue weighted by Gasteiger charge is -2.26. The van der Waals surface area contributed by atoms with E-state index >= 15 is 0 Å². The standard InChI is InChI=1S/C14H23NOS/c1-4-11-15-14(13(5-2)17(3)16)12-9-7-6-8-10-12/h6-10,13-15H,4-5,11H2,1-3H3. The van der Waals surface area contributed by atoms with Gasteiger partial charge in [-0.25, -0.2) is 0 Å². The normalized spacial score (nSPS) is 16.4. The molecule has 0 amide bonds. The topological polar surface area (TPSA) is 29.1 Å². The molecule has 0 aliphatic carbocycles. The molecule has 3 unspecified atom stereocenters. The molecule has 0 radical (unpaired) electrons. The maximum Gasteiger partial charge on any atom is 0.0537 e. The van der Waals surface area contributed by atoms with E-state index in [0.717, 1.165) is 19.4 Å². The minimum absolute atomic E-state index is 0.184. The zero-order valence-corrected chi connectivity index (χ0v) is 11.8. The highest BCUT2D eigenvalue weighted by Gasteiger charge is 2.23. The molecule has 0 fully saturated rings. The van der Waals surface area contributed by atoms with Crippen LogP contribution in [0.1, 0.15) is 38.3 Å². The van der Waals surface area contributed by atoms with Gasteiger partial charge in [-0.05, 0) is 24.9 Å². The maximum atomic E-state index is 11.8. The fourth-order valence-corrected chi connectivity index (χ4v) is 3.19. The monoisotopic (exact) mass is 253 g/mol. The molecular formula is C14H23NOS. The molecule has 1 rings (SSSR count). The van der Waals surface area contributed by atoms with E-state index < -0.39 is 10.8 Å². The molecule has 1 N–H and O–H groups in total. The van der Waals surface area contributed by atoms with Gasteiger partial charge in [0.1, 0.15) is 0 Å². The Morgan fingerprint density at radius 1 is 1.24 bits per heavy atom. The molecule has 0 aliphatic heterocycles. The summed E-state index contributed by atoms with van der Waals surface area (Å²) in [5.41, 5.74) is 1.24. The van der Waals surface area contributed by atoms with Crippen LogP contribution in [0.15, 0.2) is 30.3 Å². The third kappa shape index (κ3) is 4.25. The van der Waals surface area contributed by atoms with Gasteiger partial charge in [-0.1, -0.05) is 44.2 Å². The van der Waals surface area contributed by atoms with E-state index in [-0.39, 0.29) is 11.3 Å². The van der Waals surface area contributed by atoms with Crippen LogP contribution < -0.4 is 5.32 Å². The van der Waals surface area contributed by atoms with Crippen LogP contribution in [0.5, 0.6) is 0 Å². The van der Waals surface area contributed by atoms with Gasteiger partial charge in [0.2, 0.25) is 0 Å². The lowest BCUT2D eigenvalue weighted by molar-refractivity contribution is 0.496. The number of hydrogen-bond acceptors (Lipinski definition) is 2. The number of nitrogens with one attached hydrogen (secondary N) is 1. The van der Waals surface area contributed by atoms with Crippen LogP contribution in [0, 0.1) is 0 Å². The van der Waals surface area contributed by atoms with Gasteiger partial charge in [0.05, 0.1) is 5.25 Å². The second-order valence-corrected chi connectivity index (χ2v) is 5.89. The minimum Gasteiger partial charge on any atom is -0.309 e. The third-order valence-corrected chi connectivity index (χ3v) is 4.43. The van der Waals surface area contributed by atoms with E-state index in [1.54, 1.807) is 6.26 Å². The fraction of sp³-hybridized carbons (Fsp3) is 0.571. The van der Waals surface area contributed by atoms with Crippen molar-refractivity contribution in [1.82, 2.24) is 5.32 Å². The molecule has 0 aliphatic rings. The second-order valence-electron chi connectivity index (χ2n) is 4.29. The molecule has 0 bridgehead atoms. The summed E-state index contributed by atoms with van der Waals surface area (Å²) >= 11 is 0. The highest BCUT2D eigenvalue weighted by atomic mass is 32.2. The summed E-state index contributed by atoms with van der Waals surface area (Å²) in [5, 5.41) is 3.71. The molecule has 2 nitrogen and oxygen atoms in total. The number of hydrogen-bond donors (Lipinski definition) is 1. The summed E-state index contributed by atoms with van der Waals surface area (Å²) in [6.07, 6.45) is 3.83. The predicted octanol–water partition coefficient (Wildman–Crippen LogP) is 2.88. The molecule has 17 heavy (non-hydrogen) atoms. The van der Waals surface area contributed by atoms with Crippen molar-refractivity contribution in [2.75, 3.05) is 12.8 Å². The molecule has 3 atom stereocenters. The van der Waals surface area contributed by atoms with Gasteiger partial charge in [-0.2, -0.15) is 0 Å². The third-order valence-electron chi connectivity index (χ3n) is 2.97. The summed E-state index contributed by atoms with van der Waals surface area (Å²) in [7, 11) is -0.800. The largest absolute Gasteiger partial charge is 0.309 e. The van der Waals surface area contributed by atoms with Crippen molar-refractivity contribution in [2.24, 2.45) is 0 Å². The van der Waals surface area contributed by atoms with Gasteiger partial charge in [-0.15, -0.1) is 0 Å². The highest BCUT2D eigenvalue weighted by Crippen LogP contribution is 2.22. The van der Waals surface area contributed by atoms with E-state index in [1.165, 1.54) is 5.56 Å². The van der Waals surface area contributed by atoms with E-state index in [2.05, 4.69) is 31.3 Å². The van der Waals surface area contributed by atoms with Gasteiger partial charge in [-0.3, -0.25) is 4.21 Å². The molecule has 1 aromatic rings.